The highest BCUT2D eigenvalue weighted by Crippen LogP contribution is 2.29. The zero-order valence-corrected chi connectivity index (χ0v) is 14.9. The fourth-order valence-corrected chi connectivity index (χ4v) is 3.15. The molecule has 1 aromatic carbocycles. The Balaban J connectivity index is 1.30. The number of H-pyrrole nitrogens is 1. The van der Waals surface area contributed by atoms with Gasteiger partial charge in [-0.15, -0.1) is 0 Å². The summed E-state index contributed by atoms with van der Waals surface area (Å²) < 4.78 is 10.5. The van der Waals surface area contributed by atoms with Crippen molar-refractivity contribution in [1.82, 2.24) is 30.9 Å². The number of hydrogen-bond donors (Lipinski definition) is 2. The van der Waals surface area contributed by atoms with Gasteiger partial charge < -0.3 is 14.6 Å². The average Bonchev–Trinajstić information content (AvgIpc) is 3.35. The van der Waals surface area contributed by atoms with Crippen molar-refractivity contribution in [2.24, 2.45) is 0 Å². The summed E-state index contributed by atoms with van der Waals surface area (Å²) in [5.41, 5.74) is 2.94. The molecule has 1 aliphatic rings. The summed E-state index contributed by atoms with van der Waals surface area (Å²) in [7, 11) is 1.62. The van der Waals surface area contributed by atoms with Crippen molar-refractivity contribution >= 4 is 5.91 Å². The van der Waals surface area contributed by atoms with Crippen molar-refractivity contribution in [3.8, 4) is 5.75 Å². The number of fused-ring (bicyclic) bond motifs is 1. The van der Waals surface area contributed by atoms with Crippen LogP contribution in [0, 0.1) is 0 Å². The highest BCUT2D eigenvalue weighted by Gasteiger charge is 2.27. The monoisotopic (exact) mass is 368 g/mol. The molecule has 3 aromatic rings. The van der Waals surface area contributed by atoms with Gasteiger partial charge in [-0.25, -0.2) is 0 Å². The van der Waals surface area contributed by atoms with E-state index >= 15 is 0 Å². The molecule has 0 aliphatic heterocycles. The lowest BCUT2D eigenvalue weighted by Gasteiger charge is -2.15. The van der Waals surface area contributed by atoms with Crippen LogP contribution >= 0.6 is 0 Å². The lowest BCUT2D eigenvalue weighted by molar-refractivity contribution is -0.120. The molecule has 1 atom stereocenters. The zero-order chi connectivity index (χ0) is 18.6. The lowest BCUT2D eigenvalue weighted by Crippen LogP contribution is -2.25. The van der Waals surface area contributed by atoms with Gasteiger partial charge in [0.05, 0.1) is 24.9 Å². The molecule has 0 saturated carbocycles. The molecule has 27 heavy (non-hydrogen) atoms. The molecule has 4 rings (SSSR count). The molecule has 0 bridgehead atoms. The minimum atomic E-state index is -0.152. The third-order valence-corrected chi connectivity index (χ3v) is 4.67. The first-order valence-corrected chi connectivity index (χ1v) is 8.82. The maximum Gasteiger partial charge on any atom is 0.230 e. The first kappa shape index (κ1) is 17.2. The van der Waals surface area contributed by atoms with Crippen molar-refractivity contribution < 1.29 is 14.1 Å². The largest absolute Gasteiger partial charge is 0.497 e. The van der Waals surface area contributed by atoms with Gasteiger partial charge >= 0.3 is 0 Å². The minimum absolute atomic E-state index is 0.0849. The molecule has 2 N–H and O–H groups in total. The van der Waals surface area contributed by atoms with Crippen LogP contribution in [0.2, 0.25) is 0 Å². The maximum absolute atomic E-state index is 12.1. The van der Waals surface area contributed by atoms with Crippen molar-refractivity contribution in [2.45, 2.75) is 38.1 Å². The number of carbonyl (C=O) groups excluding carboxylic acids is 1. The van der Waals surface area contributed by atoms with E-state index in [0.717, 1.165) is 42.0 Å². The van der Waals surface area contributed by atoms with Crippen LogP contribution in [0.15, 0.2) is 28.8 Å². The number of carbonyl (C=O) groups is 1. The first-order valence-electron chi connectivity index (χ1n) is 8.82. The first-order chi connectivity index (χ1) is 13.2. The van der Waals surface area contributed by atoms with E-state index < -0.39 is 0 Å². The Hall–Kier alpha value is -3.23. The van der Waals surface area contributed by atoms with E-state index in [9.17, 15) is 4.79 Å². The van der Waals surface area contributed by atoms with Crippen LogP contribution in [0.4, 0.5) is 0 Å². The zero-order valence-electron chi connectivity index (χ0n) is 14.9. The van der Waals surface area contributed by atoms with Crippen LogP contribution < -0.4 is 10.1 Å². The van der Waals surface area contributed by atoms with E-state index in [1.165, 1.54) is 0 Å². The predicted molar refractivity (Wildman–Crippen MR) is 94.0 cm³/mol. The van der Waals surface area contributed by atoms with Crippen molar-refractivity contribution in [1.29, 1.82) is 0 Å². The van der Waals surface area contributed by atoms with Gasteiger partial charge in [-0.1, -0.05) is 17.3 Å². The summed E-state index contributed by atoms with van der Waals surface area (Å²) >= 11 is 0. The van der Waals surface area contributed by atoms with Gasteiger partial charge in [-0.3, -0.25) is 4.79 Å². The van der Waals surface area contributed by atoms with Crippen LogP contribution in [0.3, 0.4) is 0 Å². The second kappa shape index (κ2) is 7.56. The molecule has 0 fully saturated rings. The summed E-state index contributed by atoms with van der Waals surface area (Å²) in [6.07, 6.45) is 2.51. The lowest BCUT2D eigenvalue weighted by atomic mass is 9.90. The van der Waals surface area contributed by atoms with Crippen LogP contribution in [0.1, 0.15) is 41.0 Å². The van der Waals surface area contributed by atoms with Crippen molar-refractivity contribution in [2.75, 3.05) is 7.11 Å². The number of ether oxygens (including phenoxy) is 1. The van der Waals surface area contributed by atoms with Crippen LogP contribution in [-0.2, 0) is 30.6 Å². The number of benzene rings is 1. The van der Waals surface area contributed by atoms with Gasteiger partial charge in [0.25, 0.3) is 0 Å². The van der Waals surface area contributed by atoms with Gasteiger partial charge in [-0.05, 0) is 30.5 Å². The predicted octanol–water partition coefficient (Wildman–Crippen LogP) is 1.33. The molecule has 9 nitrogen and oxygen atoms in total. The Morgan fingerprint density at radius 1 is 1.30 bits per heavy atom. The number of rotatable bonds is 6. The van der Waals surface area contributed by atoms with Crippen LogP contribution in [0.25, 0.3) is 0 Å². The molecular weight excluding hydrogens is 348 g/mol. The van der Waals surface area contributed by atoms with Gasteiger partial charge in [0, 0.05) is 18.9 Å². The molecule has 2 heterocycles. The summed E-state index contributed by atoms with van der Waals surface area (Å²) in [5, 5.41) is 17.7. The van der Waals surface area contributed by atoms with Crippen molar-refractivity contribution in [3.05, 3.63) is 52.9 Å². The fourth-order valence-electron chi connectivity index (χ4n) is 3.15. The van der Waals surface area contributed by atoms with E-state index in [1.54, 1.807) is 7.11 Å². The molecule has 0 spiro atoms. The van der Waals surface area contributed by atoms with Gasteiger partial charge in [0.15, 0.2) is 5.82 Å². The number of nitrogens with zero attached hydrogens (tertiary/aromatic N) is 4. The molecule has 0 saturated heterocycles. The Kier molecular flexibility index (Phi) is 4.82. The van der Waals surface area contributed by atoms with E-state index in [-0.39, 0.29) is 18.2 Å². The third-order valence-electron chi connectivity index (χ3n) is 4.67. The smallest absolute Gasteiger partial charge is 0.230 e. The van der Waals surface area contributed by atoms with Crippen LogP contribution in [-0.4, -0.2) is 38.6 Å². The summed E-state index contributed by atoms with van der Waals surface area (Å²) in [5.74, 6) is 1.70. The summed E-state index contributed by atoms with van der Waals surface area (Å²) in [6.45, 7) is 0.436. The number of aryl methyl sites for hydroxylation is 1. The quantitative estimate of drug-likeness (QED) is 0.673. The van der Waals surface area contributed by atoms with E-state index in [2.05, 4.69) is 30.9 Å². The Morgan fingerprint density at radius 2 is 2.11 bits per heavy atom. The molecule has 9 heteroatoms. The third kappa shape index (κ3) is 3.97. The van der Waals surface area contributed by atoms with Gasteiger partial charge in [0.1, 0.15) is 5.75 Å². The number of amides is 1. The molecule has 1 amide bonds. The second-order valence-corrected chi connectivity index (χ2v) is 6.51. The topological polar surface area (TPSA) is 119 Å². The maximum atomic E-state index is 12.1. The van der Waals surface area contributed by atoms with Gasteiger partial charge in [0.2, 0.25) is 11.8 Å². The highest BCUT2D eigenvalue weighted by molar-refractivity contribution is 5.77. The van der Waals surface area contributed by atoms with E-state index in [0.29, 0.717) is 18.3 Å². The number of nitrogens with one attached hydrogen (secondary N) is 2. The van der Waals surface area contributed by atoms with Crippen molar-refractivity contribution in [3.63, 3.8) is 0 Å². The Morgan fingerprint density at radius 3 is 2.93 bits per heavy atom. The Bertz CT molecular complexity index is 917. The fraction of sp³-hybridized carbons (Fsp3) is 0.389. The summed E-state index contributed by atoms with van der Waals surface area (Å²) in [6, 6.07) is 7.54. The highest BCUT2D eigenvalue weighted by atomic mass is 16.5. The number of hydrogen-bond acceptors (Lipinski definition) is 7. The molecule has 140 valence electrons. The molecule has 1 aliphatic carbocycles. The second-order valence-electron chi connectivity index (χ2n) is 6.51. The average molecular weight is 368 g/mol. The molecular formula is C18H20N6O3. The Labute approximate surface area is 155 Å². The normalized spacial score (nSPS) is 16.0. The number of aromatic amines is 1. The number of methoxy groups -OCH3 is 1. The molecule has 1 unspecified atom stereocenters. The minimum Gasteiger partial charge on any atom is -0.497 e. The standard InChI is InChI=1S/C18H20N6O3/c1-26-13-5-2-11(3-6-13)10-19-17(25)9-16-20-18(27-23-16)12-4-7-14-15(8-12)22-24-21-14/h2-3,5-6,12H,4,7-10H2,1H3,(H,19,25)(H,21,22,24). The van der Waals surface area contributed by atoms with E-state index in [4.69, 9.17) is 9.26 Å². The molecule has 0 radical (unpaired) electrons. The molecule has 2 aromatic heterocycles. The number of aromatic nitrogens is 5. The van der Waals surface area contributed by atoms with E-state index in [1.807, 2.05) is 24.3 Å². The van der Waals surface area contributed by atoms with Gasteiger partial charge in [-0.2, -0.15) is 20.4 Å². The summed E-state index contributed by atoms with van der Waals surface area (Å²) in [4.78, 5) is 16.5. The SMILES string of the molecule is COc1ccc(CNC(=O)Cc2noc(C3CCc4n[nH]nc4C3)n2)cc1. The van der Waals surface area contributed by atoms with Crippen LogP contribution in [0.5, 0.6) is 5.75 Å².